The Bertz CT molecular complexity index is 893. The highest BCUT2D eigenvalue weighted by atomic mass is 19.1. The summed E-state index contributed by atoms with van der Waals surface area (Å²) in [5.74, 6) is -0.946. The Morgan fingerprint density at radius 2 is 1.36 bits per heavy atom. The highest BCUT2D eigenvalue weighted by Gasteiger charge is 2.38. The number of carbonyl (C=O) groups is 1. The Kier molecular flexibility index (Phi) is 5.31. The molecule has 1 unspecified atom stereocenters. The van der Waals surface area contributed by atoms with Gasteiger partial charge < -0.3 is 0 Å². The van der Waals surface area contributed by atoms with Crippen molar-refractivity contribution in [1.29, 1.82) is 0 Å². The number of likely N-dealkylation sites (tertiary alicyclic amines) is 1. The zero-order valence-corrected chi connectivity index (χ0v) is 15.4. The van der Waals surface area contributed by atoms with Crippen molar-refractivity contribution < 1.29 is 13.6 Å². The summed E-state index contributed by atoms with van der Waals surface area (Å²) in [5.41, 5.74) is 2.90. The van der Waals surface area contributed by atoms with E-state index in [2.05, 4.69) is 17.0 Å². The summed E-state index contributed by atoms with van der Waals surface area (Å²) in [5, 5.41) is 0. The fraction of sp³-hybridized carbons (Fsp3) is 0.208. The maximum Gasteiger partial charge on any atom is 0.152 e. The van der Waals surface area contributed by atoms with E-state index < -0.39 is 0 Å². The van der Waals surface area contributed by atoms with Gasteiger partial charge in [0.25, 0.3) is 0 Å². The van der Waals surface area contributed by atoms with Gasteiger partial charge in [-0.1, -0.05) is 54.6 Å². The summed E-state index contributed by atoms with van der Waals surface area (Å²) in [6, 6.07) is 22.6. The zero-order valence-electron chi connectivity index (χ0n) is 15.4. The Morgan fingerprint density at radius 1 is 0.821 bits per heavy atom. The van der Waals surface area contributed by atoms with Crippen LogP contribution in [0.5, 0.6) is 0 Å². The van der Waals surface area contributed by atoms with Crippen LogP contribution in [0.3, 0.4) is 0 Å². The molecule has 3 aromatic carbocycles. The van der Waals surface area contributed by atoms with Gasteiger partial charge in [-0.05, 0) is 41.0 Å². The van der Waals surface area contributed by atoms with Gasteiger partial charge in [0.2, 0.25) is 0 Å². The van der Waals surface area contributed by atoms with E-state index in [0.29, 0.717) is 19.6 Å². The van der Waals surface area contributed by atoms with E-state index in [0.717, 1.165) is 16.7 Å². The van der Waals surface area contributed by atoms with Crippen molar-refractivity contribution in [3.63, 3.8) is 0 Å². The van der Waals surface area contributed by atoms with E-state index in [1.807, 2.05) is 18.2 Å². The molecule has 1 atom stereocenters. The van der Waals surface area contributed by atoms with Gasteiger partial charge in [0.1, 0.15) is 11.6 Å². The van der Waals surface area contributed by atoms with Crippen LogP contribution in [0, 0.1) is 17.6 Å². The first-order chi connectivity index (χ1) is 13.6. The standard InChI is InChI=1S/C24H21F2NO/c25-20-10-6-18(7-11-20)24(19-8-12-21(26)13-9-19)22-15-27(16-23(22)28)14-17-4-2-1-3-5-17/h1-13,22,24H,14-16H2. The lowest BCUT2D eigenvalue weighted by molar-refractivity contribution is -0.120. The van der Waals surface area contributed by atoms with Gasteiger partial charge in [0.15, 0.2) is 5.78 Å². The molecule has 1 saturated heterocycles. The molecule has 0 aromatic heterocycles. The minimum Gasteiger partial charge on any atom is -0.298 e. The minimum absolute atomic E-state index is 0.162. The Labute approximate surface area is 163 Å². The normalized spacial score (nSPS) is 17.4. The zero-order chi connectivity index (χ0) is 19.5. The maximum atomic E-state index is 13.4. The van der Waals surface area contributed by atoms with Gasteiger partial charge in [-0.2, -0.15) is 0 Å². The predicted molar refractivity (Wildman–Crippen MR) is 105 cm³/mol. The van der Waals surface area contributed by atoms with Gasteiger partial charge in [-0.15, -0.1) is 0 Å². The molecule has 0 N–H and O–H groups in total. The third kappa shape index (κ3) is 4.02. The van der Waals surface area contributed by atoms with Gasteiger partial charge in [0.05, 0.1) is 6.54 Å². The second kappa shape index (κ2) is 8.03. The monoisotopic (exact) mass is 377 g/mol. The lowest BCUT2D eigenvalue weighted by Crippen LogP contribution is -2.23. The van der Waals surface area contributed by atoms with Gasteiger partial charge in [0, 0.05) is 24.9 Å². The fourth-order valence-electron chi connectivity index (χ4n) is 4.03. The van der Waals surface area contributed by atoms with E-state index in [1.165, 1.54) is 24.3 Å². The molecule has 0 saturated carbocycles. The molecule has 1 heterocycles. The number of halogens is 2. The summed E-state index contributed by atoms with van der Waals surface area (Å²) in [4.78, 5) is 15.0. The molecule has 0 aliphatic carbocycles. The molecule has 0 amide bonds. The van der Waals surface area contributed by atoms with Crippen molar-refractivity contribution in [3.05, 3.63) is 107 Å². The fourth-order valence-corrected chi connectivity index (χ4v) is 4.03. The van der Waals surface area contributed by atoms with Crippen LogP contribution in [0.25, 0.3) is 0 Å². The van der Waals surface area contributed by atoms with Crippen molar-refractivity contribution in [3.8, 4) is 0 Å². The maximum absolute atomic E-state index is 13.4. The molecule has 1 aliphatic heterocycles. The third-order valence-electron chi connectivity index (χ3n) is 5.36. The summed E-state index contributed by atoms with van der Waals surface area (Å²) >= 11 is 0. The Balaban J connectivity index is 1.63. The quantitative estimate of drug-likeness (QED) is 0.637. The minimum atomic E-state index is -0.315. The van der Waals surface area contributed by atoms with Gasteiger partial charge >= 0.3 is 0 Å². The van der Waals surface area contributed by atoms with Crippen LogP contribution >= 0.6 is 0 Å². The molecule has 0 spiro atoms. The molecule has 142 valence electrons. The molecule has 1 fully saturated rings. The number of nitrogens with zero attached hydrogens (tertiary/aromatic N) is 1. The number of ketones is 1. The average Bonchev–Trinajstić information content (AvgIpc) is 3.05. The van der Waals surface area contributed by atoms with E-state index in [-0.39, 0.29) is 29.3 Å². The number of hydrogen-bond donors (Lipinski definition) is 0. The second-order valence-corrected chi connectivity index (χ2v) is 7.31. The van der Waals surface area contributed by atoms with Crippen LogP contribution in [-0.4, -0.2) is 23.8 Å². The van der Waals surface area contributed by atoms with Crippen molar-refractivity contribution in [2.75, 3.05) is 13.1 Å². The molecule has 0 bridgehead atoms. The van der Waals surface area contributed by atoms with Gasteiger partial charge in [-0.25, -0.2) is 8.78 Å². The molecule has 2 nitrogen and oxygen atoms in total. The van der Waals surface area contributed by atoms with Crippen molar-refractivity contribution >= 4 is 5.78 Å². The molecule has 4 rings (SSSR count). The highest BCUT2D eigenvalue weighted by molar-refractivity contribution is 5.86. The van der Waals surface area contributed by atoms with Crippen LogP contribution in [0.1, 0.15) is 22.6 Å². The molecule has 4 heteroatoms. The van der Waals surface area contributed by atoms with Crippen molar-refractivity contribution in [2.24, 2.45) is 5.92 Å². The number of rotatable bonds is 5. The number of hydrogen-bond acceptors (Lipinski definition) is 2. The predicted octanol–water partition coefficient (Wildman–Crippen LogP) is 4.80. The average molecular weight is 377 g/mol. The lowest BCUT2D eigenvalue weighted by Gasteiger charge is -2.24. The van der Waals surface area contributed by atoms with Crippen molar-refractivity contribution in [1.82, 2.24) is 4.90 Å². The topological polar surface area (TPSA) is 20.3 Å². The van der Waals surface area contributed by atoms with Crippen LogP contribution < -0.4 is 0 Å². The summed E-state index contributed by atoms with van der Waals surface area (Å²) in [6.07, 6.45) is 0. The SMILES string of the molecule is O=C1CN(Cc2ccccc2)CC1C(c1ccc(F)cc1)c1ccc(F)cc1. The Morgan fingerprint density at radius 3 is 1.89 bits per heavy atom. The van der Waals surface area contributed by atoms with E-state index >= 15 is 0 Å². The molecule has 1 aliphatic rings. The van der Waals surface area contributed by atoms with Crippen LogP contribution in [-0.2, 0) is 11.3 Å². The largest absolute Gasteiger partial charge is 0.298 e. The number of Topliss-reactive ketones (excluding diaryl/α,β-unsaturated/α-hetero) is 1. The van der Waals surface area contributed by atoms with E-state index in [9.17, 15) is 13.6 Å². The summed E-state index contributed by atoms with van der Waals surface area (Å²) < 4.78 is 26.9. The first-order valence-electron chi connectivity index (χ1n) is 9.40. The molecule has 0 radical (unpaired) electrons. The molecule has 28 heavy (non-hydrogen) atoms. The van der Waals surface area contributed by atoms with Crippen LogP contribution in [0.15, 0.2) is 78.9 Å². The smallest absolute Gasteiger partial charge is 0.152 e. The van der Waals surface area contributed by atoms with Gasteiger partial charge in [-0.3, -0.25) is 9.69 Å². The highest BCUT2D eigenvalue weighted by Crippen LogP contribution is 2.36. The first kappa shape index (κ1) is 18.5. The van der Waals surface area contributed by atoms with Crippen molar-refractivity contribution in [2.45, 2.75) is 12.5 Å². The molecular weight excluding hydrogens is 356 g/mol. The third-order valence-corrected chi connectivity index (χ3v) is 5.36. The molecule has 3 aromatic rings. The first-order valence-corrected chi connectivity index (χ1v) is 9.40. The summed E-state index contributed by atoms with van der Waals surface area (Å²) in [7, 11) is 0. The van der Waals surface area contributed by atoms with E-state index in [1.54, 1.807) is 24.3 Å². The van der Waals surface area contributed by atoms with Crippen LogP contribution in [0.2, 0.25) is 0 Å². The molecular formula is C24H21F2NO. The number of carbonyl (C=O) groups excluding carboxylic acids is 1. The summed E-state index contributed by atoms with van der Waals surface area (Å²) in [6.45, 7) is 1.72. The van der Waals surface area contributed by atoms with Crippen LogP contribution in [0.4, 0.5) is 8.78 Å². The lowest BCUT2D eigenvalue weighted by atomic mass is 9.79. The second-order valence-electron chi connectivity index (χ2n) is 7.31. The van der Waals surface area contributed by atoms with E-state index in [4.69, 9.17) is 0 Å². The number of benzene rings is 3. The Hall–Kier alpha value is -2.85.